The largest absolute Gasteiger partial charge is 0.229 e. The van der Waals surface area contributed by atoms with Crippen LogP contribution < -0.4 is 0 Å². The normalized spacial score (nSPS) is 11.5. The summed E-state index contributed by atoms with van der Waals surface area (Å²) in [6.45, 7) is 0. The number of aromatic nitrogens is 2. The van der Waals surface area contributed by atoms with E-state index in [1.54, 1.807) is 6.07 Å². The first-order valence-electron chi connectivity index (χ1n) is 7.50. The van der Waals surface area contributed by atoms with Gasteiger partial charge in [-0.25, -0.2) is 9.97 Å². The van der Waals surface area contributed by atoms with Crippen molar-refractivity contribution in [2.75, 3.05) is 0 Å². The van der Waals surface area contributed by atoms with Crippen LogP contribution in [0.2, 0.25) is 15.2 Å². The fourth-order valence-electron chi connectivity index (χ4n) is 2.11. The van der Waals surface area contributed by atoms with Crippen molar-refractivity contribution in [1.29, 1.82) is 0 Å². The second kappa shape index (κ2) is 8.30. The maximum absolute atomic E-state index is 6.10. The molecule has 3 rings (SSSR count). The molecule has 0 fully saturated rings. The molecule has 0 atom stereocenters. The van der Waals surface area contributed by atoms with Crippen LogP contribution in [0.5, 0.6) is 0 Å². The summed E-state index contributed by atoms with van der Waals surface area (Å²) in [6, 6.07) is 16.8. The molecule has 0 unspecified atom stereocenters. The summed E-state index contributed by atoms with van der Waals surface area (Å²) >= 11 is 17.9. The molecule has 1 aromatic heterocycles. The van der Waals surface area contributed by atoms with Gasteiger partial charge in [-0.2, -0.15) is 0 Å². The minimum absolute atomic E-state index is 0.390. The number of halogens is 3. The maximum Gasteiger partial charge on any atom is 0.154 e. The van der Waals surface area contributed by atoms with Gasteiger partial charge in [0.2, 0.25) is 0 Å². The van der Waals surface area contributed by atoms with Crippen LogP contribution in [0, 0.1) is 0 Å². The summed E-state index contributed by atoms with van der Waals surface area (Å²) in [6.07, 6.45) is 7.56. The highest BCUT2D eigenvalue weighted by Gasteiger charge is 1.99. The second-order valence-corrected chi connectivity index (χ2v) is 6.50. The molecule has 2 nitrogen and oxygen atoms in total. The minimum atomic E-state index is 0.390. The van der Waals surface area contributed by atoms with Crippen molar-refractivity contribution in [2.24, 2.45) is 0 Å². The first kappa shape index (κ1) is 17.7. The van der Waals surface area contributed by atoms with Crippen LogP contribution in [0.15, 0.2) is 54.6 Å². The number of nitrogens with zero attached hydrogens (tertiary/aromatic N) is 2. The third kappa shape index (κ3) is 5.43. The lowest BCUT2D eigenvalue weighted by Gasteiger charge is -1.99. The van der Waals surface area contributed by atoms with Gasteiger partial charge in [-0.05, 0) is 47.5 Å². The molecular weight excluding hydrogens is 375 g/mol. The molecule has 0 saturated carbocycles. The predicted molar refractivity (Wildman–Crippen MR) is 108 cm³/mol. The van der Waals surface area contributed by atoms with E-state index in [4.69, 9.17) is 34.8 Å². The van der Waals surface area contributed by atoms with Crippen molar-refractivity contribution < 1.29 is 0 Å². The number of hydrogen-bond donors (Lipinski definition) is 0. The van der Waals surface area contributed by atoms with Gasteiger partial charge >= 0.3 is 0 Å². The molecule has 2 aromatic carbocycles. The third-order valence-corrected chi connectivity index (χ3v) is 4.04. The third-order valence-electron chi connectivity index (χ3n) is 3.34. The van der Waals surface area contributed by atoms with Crippen molar-refractivity contribution in [3.05, 3.63) is 92.4 Å². The first-order valence-corrected chi connectivity index (χ1v) is 8.64. The van der Waals surface area contributed by atoms with Gasteiger partial charge in [0.05, 0.1) is 5.69 Å². The molecule has 3 aromatic rings. The average molecular weight is 388 g/mol. The lowest BCUT2D eigenvalue weighted by atomic mass is 10.2. The SMILES string of the molecule is Clc1ccc(/C=C/c2cc(Cl)nc(/C=C/c3ccc(Cl)cc3)n2)cc1. The monoisotopic (exact) mass is 386 g/mol. The average Bonchev–Trinajstić information content (AvgIpc) is 2.60. The Morgan fingerprint density at radius 1 is 0.600 bits per heavy atom. The van der Waals surface area contributed by atoms with Crippen LogP contribution in [0.3, 0.4) is 0 Å². The highest BCUT2D eigenvalue weighted by atomic mass is 35.5. The summed E-state index contributed by atoms with van der Waals surface area (Å²) < 4.78 is 0. The Labute approximate surface area is 161 Å². The number of benzene rings is 2. The smallest absolute Gasteiger partial charge is 0.154 e. The van der Waals surface area contributed by atoms with E-state index in [1.165, 1.54) is 0 Å². The maximum atomic E-state index is 6.10. The second-order valence-electron chi connectivity index (χ2n) is 5.24. The van der Waals surface area contributed by atoms with Crippen molar-refractivity contribution in [3.8, 4) is 0 Å². The van der Waals surface area contributed by atoms with E-state index in [0.717, 1.165) is 16.8 Å². The van der Waals surface area contributed by atoms with Crippen LogP contribution in [-0.4, -0.2) is 9.97 Å². The molecular formula is C20H13Cl3N2. The molecule has 0 N–H and O–H groups in total. The topological polar surface area (TPSA) is 25.8 Å². The molecule has 0 aliphatic carbocycles. The molecule has 0 saturated heterocycles. The molecule has 0 spiro atoms. The lowest BCUT2D eigenvalue weighted by Crippen LogP contribution is -1.91. The van der Waals surface area contributed by atoms with Gasteiger partial charge in [0.15, 0.2) is 5.82 Å². The van der Waals surface area contributed by atoms with Crippen LogP contribution >= 0.6 is 34.8 Å². The van der Waals surface area contributed by atoms with Gasteiger partial charge in [0.25, 0.3) is 0 Å². The van der Waals surface area contributed by atoms with Crippen LogP contribution in [0.25, 0.3) is 24.3 Å². The zero-order valence-electron chi connectivity index (χ0n) is 13.0. The van der Waals surface area contributed by atoms with Gasteiger partial charge in [-0.1, -0.05) is 71.2 Å². The van der Waals surface area contributed by atoms with E-state index in [-0.39, 0.29) is 0 Å². The van der Waals surface area contributed by atoms with Crippen LogP contribution in [0.1, 0.15) is 22.6 Å². The van der Waals surface area contributed by atoms with Crippen LogP contribution in [0.4, 0.5) is 0 Å². The van der Waals surface area contributed by atoms with Crippen molar-refractivity contribution in [2.45, 2.75) is 0 Å². The Morgan fingerprint density at radius 2 is 1.12 bits per heavy atom. The predicted octanol–water partition coefficient (Wildman–Crippen LogP) is 6.78. The first-order chi connectivity index (χ1) is 12.1. The minimum Gasteiger partial charge on any atom is -0.229 e. The molecule has 0 amide bonds. The Kier molecular flexibility index (Phi) is 5.87. The summed E-state index contributed by atoms with van der Waals surface area (Å²) in [7, 11) is 0. The van der Waals surface area contributed by atoms with Crippen molar-refractivity contribution in [1.82, 2.24) is 9.97 Å². The molecule has 0 radical (unpaired) electrons. The Balaban J connectivity index is 1.80. The van der Waals surface area contributed by atoms with E-state index < -0.39 is 0 Å². The quantitative estimate of drug-likeness (QED) is 0.461. The zero-order chi connectivity index (χ0) is 17.6. The van der Waals surface area contributed by atoms with Crippen LogP contribution in [-0.2, 0) is 0 Å². The molecule has 0 aliphatic rings. The van der Waals surface area contributed by atoms with E-state index in [2.05, 4.69) is 9.97 Å². The molecule has 1 heterocycles. The Morgan fingerprint density at radius 3 is 1.68 bits per heavy atom. The molecule has 25 heavy (non-hydrogen) atoms. The van der Waals surface area contributed by atoms with E-state index in [1.807, 2.05) is 72.8 Å². The Bertz CT molecular complexity index is 841. The lowest BCUT2D eigenvalue weighted by molar-refractivity contribution is 1.12. The van der Waals surface area contributed by atoms with Crippen molar-refractivity contribution in [3.63, 3.8) is 0 Å². The standard InChI is InChI=1S/C20H13Cl3N2/c21-16-7-1-14(2-8-16)5-11-18-13-19(23)25-20(24-18)12-6-15-3-9-17(22)10-4-15/h1-13H/b11-5+,12-6+. The van der Waals surface area contributed by atoms with Gasteiger partial charge < -0.3 is 0 Å². The summed E-state index contributed by atoms with van der Waals surface area (Å²) in [5, 5.41) is 1.80. The molecule has 124 valence electrons. The van der Waals surface area contributed by atoms with Gasteiger partial charge in [-0.3, -0.25) is 0 Å². The van der Waals surface area contributed by atoms with Gasteiger partial charge in [0, 0.05) is 16.1 Å². The molecule has 5 heteroatoms. The molecule has 0 aliphatic heterocycles. The number of hydrogen-bond acceptors (Lipinski definition) is 2. The van der Waals surface area contributed by atoms with Crippen molar-refractivity contribution >= 4 is 59.1 Å². The highest BCUT2D eigenvalue weighted by Crippen LogP contribution is 2.16. The number of rotatable bonds is 4. The zero-order valence-corrected chi connectivity index (χ0v) is 15.3. The molecule has 0 bridgehead atoms. The van der Waals surface area contributed by atoms with E-state index >= 15 is 0 Å². The Hall–Kier alpha value is -2.13. The van der Waals surface area contributed by atoms with E-state index in [9.17, 15) is 0 Å². The summed E-state index contributed by atoms with van der Waals surface area (Å²) in [4.78, 5) is 8.70. The van der Waals surface area contributed by atoms with Gasteiger partial charge in [0.1, 0.15) is 5.15 Å². The summed E-state index contributed by atoms with van der Waals surface area (Å²) in [5.41, 5.74) is 2.76. The summed E-state index contributed by atoms with van der Waals surface area (Å²) in [5.74, 6) is 0.540. The van der Waals surface area contributed by atoms with Gasteiger partial charge in [-0.15, -0.1) is 0 Å². The fraction of sp³-hybridized carbons (Fsp3) is 0. The fourth-order valence-corrected chi connectivity index (χ4v) is 2.56. The van der Waals surface area contributed by atoms with E-state index in [0.29, 0.717) is 21.0 Å². The highest BCUT2D eigenvalue weighted by molar-refractivity contribution is 6.31.